The van der Waals surface area contributed by atoms with Crippen LogP contribution in [-0.2, 0) is 5.41 Å². The molecule has 1 saturated carbocycles. The Labute approximate surface area is 111 Å². The molecule has 2 rings (SSSR count). The summed E-state index contributed by atoms with van der Waals surface area (Å²) in [5.74, 6) is -0.0574. The van der Waals surface area contributed by atoms with Gasteiger partial charge in [0.05, 0.1) is 0 Å². The summed E-state index contributed by atoms with van der Waals surface area (Å²) in [4.78, 5) is 0. The van der Waals surface area contributed by atoms with Gasteiger partial charge in [-0.15, -0.1) is 0 Å². The van der Waals surface area contributed by atoms with Gasteiger partial charge < -0.3 is 5.73 Å². The van der Waals surface area contributed by atoms with Gasteiger partial charge in [-0.3, -0.25) is 0 Å². The average Bonchev–Trinajstić information content (AvgIpc) is 2.77. The molecule has 0 amide bonds. The van der Waals surface area contributed by atoms with Gasteiger partial charge in [0.15, 0.2) is 0 Å². The fourth-order valence-electron chi connectivity index (χ4n) is 3.08. The molecule has 17 heavy (non-hydrogen) atoms. The summed E-state index contributed by atoms with van der Waals surface area (Å²) in [6.07, 6.45) is 4.33. The Morgan fingerprint density at radius 3 is 2.47 bits per heavy atom. The summed E-state index contributed by atoms with van der Waals surface area (Å²) in [6.45, 7) is 4.35. The first kappa shape index (κ1) is 13.0. The molecule has 0 spiro atoms. The molecule has 0 atom stereocenters. The van der Waals surface area contributed by atoms with Crippen molar-refractivity contribution in [2.75, 3.05) is 6.54 Å². The molecule has 1 aromatic carbocycles. The van der Waals surface area contributed by atoms with E-state index in [4.69, 9.17) is 5.73 Å². The zero-order valence-corrected chi connectivity index (χ0v) is 12.0. The first-order valence-corrected chi connectivity index (χ1v) is 6.97. The van der Waals surface area contributed by atoms with Crippen molar-refractivity contribution in [2.45, 2.75) is 44.9 Å². The molecule has 0 aliphatic heterocycles. The van der Waals surface area contributed by atoms with Crippen LogP contribution in [0.25, 0.3) is 0 Å². The molecule has 3 heteroatoms. The van der Waals surface area contributed by atoms with Crippen LogP contribution in [0.3, 0.4) is 0 Å². The van der Waals surface area contributed by atoms with E-state index in [0.717, 1.165) is 41.3 Å². The smallest absolute Gasteiger partial charge is 0.130 e. The number of aryl methyl sites for hydroxylation is 1. The minimum absolute atomic E-state index is 0.0574. The molecule has 1 aromatic rings. The predicted molar refractivity (Wildman–Crippen MR) is 72.8 cm³/mol. The van der Waals surface area contributed by atoms with Gasteiger partial charge in [-0.2, -0.15) is 0 Å². The highest BCUT2D eigenvalue weighted by atomic mass is 79.9. The van der Waals surface area contributed by atoms with Crippen LogP contribution < -0.4 is 5.73 Å². The number of benzene rings is 1. The van der Waals surface area contributed by atoms with Gasteiger partial charge in [0, 0.05) is 16.4 Å². The van der Waals surface area contributed by atoms with Crippen LogP contribution in [0.1, 0.15) is 42.4 Å². The van der Waals surface area contributed by atoms with Crippen molar-refractivity contribution in [3.05, 3.63) is 33.0 Å². The lowest BCUT2D eigenvalue weighted by Crippen LogP contribution is -2.34. The van der Waals surface area contributed by atoms with Crippen molar-refractivity contribution in [1.29, 1.82) is 0 Å². The maximum atomic E-state index is 14.4. The van der Waals surface area contributed by atoms with E-state index in [1.54, 1.807) is 0 Å². The van der Waals surface area contributed by atoms with E-state index < -0.39 is 0 Å². The summed E-state index contributed by atoms with van der Waals surface area (Å²) in [5.41, 5.74) is 8.39. The van der Waals surface area contributed by atoms with Gasteiger partial charge in [0.2, 0.25) is 0 Å². The summed E-state index contributed by atoms with van der Waals surface area (Å²) in [7, 11) is 0. The molecule has 94 valence electrons. The lowest BCUT2D eigenvalue weighted by atomic mass is 9.76. The van der Waals surface area contributed by atoms with E-state index in [1.165, 1.54) is 0 Å². The van der Waals surface area contributed by atoms with Crippen molar-refractivity contribution in [3.63, 3.8) is 0 Å². The second kappa shape index (κ2) is 4.69. The maximum absolute atomic E-state index is 14.4. The van der Waals surface area contributed by atoms with Crippen molar-refractivity contribution in [3.8, 4) is 0 Å². The molecule has 0 aromatic heterocycles. The summed E-state index contributed by atoms with van der Waals surface area (Å²) in [5, 5.41) is 0. The second-order valence-corrected chi connectivity index (χ2v) is 6.04. The van der Waals surface area contributed by atoms with Crippen LogP contribution in [0, 0.1) is 19.7 Å². The molecule has 1 aliphatic rings. The molecular weight excluding hydrogens is 281 g/mol. The van der Waals surface area contributed by atoms with Gasteiger partial charge in [-0.05, 0) is 49.4 Å². The Balaban J connectivity index is 2.65. The number of halogens is 2. The number of nitrogens with two attached hydrogens (primary N) is 1. The van der Waals surface area contributed by atoms with Crippen LogP contribution in [0.15, 0.2) is 10.5 Å². The number of hydrogen-bond acceptors (Lipinski definition) is 1. The minimum atomic E-state index is -0.136. The molecule has 0 unspecified atom stereocenters. The van der Waals surface area contributed by atoms with Crippen LogP contribution in [0.2, 0.25) is 0 Å². The molecule has 0 radical (unpaired) electrons. The Morgan fingerprint density at radius 1 is 1.35 bits per heavy atom. The molecular formula is C14H19BrFN. The average molecular weight is 300 g/mol. The van der Waals surface area contributed by atoms with E-state index in [2.05, 4.69) is 15.9 Å². The van der Waals surface area contributed by atoms with Gasteiger partial charge >= 0.3 is 0 Å². The minimum Gasteiger partial charge on any atom is -0.330 e. The zero-order chi connectivity index (χ0) is 12.6. The fourth-order valence-corrected chi connectivity index (χ4v) is 3.62. The molecule has 2 N–H and O–H groups in total. The standard InChI is InChI=1S/C14H19BrFN/c1-9-7-11(15)10(2)12(13(9)16)14(8-17)5-3-4-6-14/h7H,3-6,8,17H2,1-2H3. The Hall–Kier alpha value is -0.410. The largest absolute Gasteiger partial charge is 0.330 e. The van der Waals surface area contributed by atoms with Crippen molar-refractivity contribution < 1.29 is 4.39 Å². The summed E-state index contributed by atoms with van der Waals surface area (Å²) < 4.78 is 15.4. The summed E-state index contributed by atoms with van der Waals surface area (Å²) in [6, 6.07) is 1.85. The van der Waals surface area contributed by atoms with Gasteiger partial charge in [0.25, 0.3) is 0 Å². The second-order valence-electron chi connectivity index (χ2n) is 5.18. The molecule has 1 fully saturated rings. The van der Waals surface area contributed by atoms with Gasteiger partial charge in [-0.25, -0.2) is 4.39 Å². The van der Waals surface area contributed by atoms with E-state index >= 15 is 0 Å². The SMILES string of the molecule is Cc1cc(Br)c(C)c(C2(CN)CCCC2)c1F. The summed E-state index contributed by atoms with van der Waals surface area (Å²) >= 11 is 3.52. The monoisotopic (exact) mass is 299 g/mol. The highest BCUT2D eigenvalue weighted by Gasteiger charge is 2.38. The Bertz CT molecular complexity index is 410. The third-order valence-electron chi connectivity index (χ3n) is 4.12. The van der Waals surface area contributed by atoms with E-state index in [-0.39, 0.29) is 11.2 Å². The molecule has 1 aliphatic carbocycles. The topological polar surface area (TPSA) is 26.0 Å². The fraction of sp³-hybridized carbons (Fsp3) is 0.571. The first-order valence-electron chi connectivity index (χ1n) is 6.17. The highest BCUT2D eigenvalue weighted by Crippen LogP contribution is 2.44. The van der Waals surface area contributed by atoms with Crippen LogP contribution in [0.4, 0.5) is 4.39 Å². The van der Waals surface area contributed by atoms with Gasteiger partial charge in [-0.1, -0.05) is 28.8 Å². The lowest BCUT2D eigenvalue weighted by Gasteiger charge is -2.31. The van der Waals surface area contributed by atoms with E-state index in [9.17, 15) is 4.39 Å². The van der Waals surface area contributed by atoms with Gasteiger partial charge in [0.1, 0.15) is 5.82 Å². The molecule has 0 saturated heterocycles. The lowest BCUT2D eigenvalue weighted by molar-refractivity contribution is 0.422. The zero-order valence-electron chi connectivity index (χ0n) is 10.4. The molecule has 0 heterocycles. The third kappa shape index (κ3) is 2.04. The third-order valence-corrected chi connectivity index (χ3v) is 4.95. The van der Waals surface area contributed by atoms with Crippen molar-refractivity contribution in [1.82, 2.24) is 0 Å². The number of rotatable bonds is 2. The Kier molecular flexibility index (Phi) is 3.60. The maximum Gasteiger partial charge on any atom is 0.130 e. The van der Waals surface area contributed by atoms with E-state index in [0.29, 0.717) is 12.1 Å². The van der Waals surface area contributed by atoms with Crippen LogP contribution in [-0.4, -0.2) is 6.54 Å². The van der Waals surface area contributed by atoms with E-state index in [1.807, 2.05) is 19.9 Å². The van der Waals surface area contributed by atoms with Crippen molar-refractivity contribution in [2.24, 2.45) is 5.73 Å². The first-order chi connectivity index (χ1) is 8.02. The van der Waals surface area contributed by atoms with Crippen LogP contribution >= 0.6 is 15.9 Å². The normalized spacial score (nSPS) is 18.6. The predicted octanol–water partition coefficient (Wildman–Crippen LogP) is 3.98. The molecule has 0 bridgehead atoms. The van der Waals surface area contributed by atoms with Crippen LogP contribution in [0.5, 0.6) is 0 Å². The van der Waals surface area contributed by atoms with Crippen molar-refractivity contribution >= 4 is 15.9 Å². The highest BCUT2D eigenvalue weighted by molar-refractivity contribution is 9.10. The quantitative estimate of drug-likeness (QED) is 0.878. The molecule has 1 nitrogen and oxygen atoms in total. The number of hydrogen-bond donors (Lipinski definition) is 1. The Morgan fingerprint density at radius 2 is 1.94 bits per heavy atom.